The minimum Gasteiger partial charge on any atom is -0.423 e. The van der Waals surface area contributed by atoms with Crippen LogP contribution in [0.4, 0.5) is 5.69 Å². The molecular formula is C18H18BNO2. The average Bonchev–Trinajstić information content (AvgIpc) is 2.54. The van der Waals surface area contributed by atoms with Crippen molar-refractivity contribution in [2.45, 2.75) is 0 Å². The molecule has 0 saturated carbocycles. The zero-order chi connectivity index (χ0) is 15.7. The van der Waals surface area contributed by atoms with Gasteiger partial charge in [-0.1, -0.05) is 42.5 Å². The molecule has 0 fully saturated rings. The molecule has 0 spiro atoms. The van der Waals surface area contributed by atoms with Gasteiger partial charge in [-0.25, -0.2) is 0 Å². The van der Waals surface area contributed by atoms with E-state index in [9.17, 15) is 0 Å². The summed E-state index contributed by atoms with van der Waals surface area (Å²) in [7, 11) is 2.65. The minimum absolute atomic E-state index is 0.500. The molecule has 0 aliphatic heterocycles. The third-order valence-corrected chi connectivity index (χ3v) is 3.88. The van der Waals surface area contributed by atoms with Crippen LogP contribution in [0.25, 0.3) is 21.9 Å². The summed E-state index contributed by atoms with van der Waals surface area (Å²) in [6.45, 7) is 0. The van der Waals surface area contributed by atoms with Gasteiger partial charge in [-0.3, -0.25) is 0 Å². The zero-order valence-corrected chi connectivity index (χ0v) is 12.7. The number of fused-ring (bicyclic) bond motifs is 1. The monoisotopic (exact) mass is 291 g/mol. The first-order valence-electron chi connectivity index (χ1n) is 7.22. The van der Waals surface area contributed by atoms with Crippen LogP contribution in [0.3, 0.4) is 0 Å². The molecule has 2 N–H and O–H groups in total. The second-order valence-electron chi connectivity index (χ2n) is 5.64. The molecule has 3 aromatic rings. The van der Waals surface area contributed by atoms with E-state index in [1.165, 1.54) is 16.5 Å². The van der Waals surface area contributed by atoms with Crippen LogP contribution in [0.15, 0.2) is 60.7 Å². The maximum atomic E-state index is 9.15. The standard InChI is InChI=1S/C18H18BNO2/c1-20(2)18-10-7-15-11-14(3-4-16(15)12-18)13-5-8-17(9-6-13)19(21)22/h3-12,21-22H,1-2H3. The molecule has 0 bridgehead atoms. The molecule has 0 unspecified atom stereocenters. The van der Waals surface area contributed by atoms with Crippen molar-refractivity contribution in [3.8, 4) is 11.1 Å². The topological polar surface area (TPSA) is 43.7 Å². The van der Waals surface area contributed by atoms with E-state index in [1.807, 2.05) is 26.2 Å². The minimum atomic E-state index is -1.42. The Morgan fingerprint density at radius 1 is 0.727 bits per heavy atom. The van der Waals surface area contributed by atoms with Gasteiger partial charge < -0.3 is 14.9 Å². The van der Waals surface area contributed by atoms with Gasteiger partial charge in [0.15, 0.2) is 0 Å². The smallest absolute Gasteiger partial charge is 0.423 e. The van der Waals surface area contributed by atoms with Crippen molar-refractivity contribution in [1.82, 2.24) is 0 Å². The van der Waals surface area contributed by atoms with Gasteiger partial charge in [-0.2, -0.15) is 0 Å². The molecule has 22 heavy (non-hydrogen) atoms. The van der Waals surface area contributed by atoms with Crippen LogP contribution < -0.4 is 10.4 Å². The summed E-state index contributed by atoms with van der Waals surface area (Å²) in [5.74, 6) is 0. The van der Waals surface area contributed by atoms with Crippen LogP contribution in [0.5, 0.6) is 0 Å². The van der Waals surface area contributed by atoms with Crippen molar-refractivity contribution >= 4 is 29.0 Å². The molecule has 0 aromatic heterocycles. The first-order valence-corrected chi connectivity index (χ1v) is 7.22. The molecule has 3 aromatic carbocycles. The van der Waals surface area contributed by atoms with Crippen LogP contribution in [-0.4, -0.2) is 31.3 Å². The highest BCUT2D eigenvalue weighted by Crippen LogP contribution is 2.26. The molecule has 0 aliphatic rings. The van der Waals surface area contributed by atoms with Crippen molar-refractivity contribution in [2.24, 2.45) is 0 Å². The van der Waals surface area contributed by atoms with Crippen molar-refractivity contribution in [1.29, 1.82) is 0 Å². The Balaban J connectivity index is 1.99. The summed E-state index contributed by atoms with van der Waals surface area (Å²) in [5.41, 5.74) is 3.86. The normalized spacial score (nSPS) is 10.7. The third-order valence-electron chi connectivity index (χ3n) is 3.88. The highest BCUT2D eigenvalue weighted by Gasteiger charge is 2.10. The Morgan fingerprint density at radius 2 is 1.32 bits per heavy atom. The van der Waals surface area contributed by atoms with Crippen molar-refractivity contribution in [3.05, 3.63) is 60.7 Å². The van der Waals surface area contributed by atoms with E-state index >= 15 is 0 Å². The van der Waals surface area contributed by atoms with E-state index in [1.54, 1.807) is 12.1 Å². The number of rotatable bonds is 3. The number of hydrogen-bond donors (Lipinski definition) is 2. The first kappa shape index (κ1) is 14.6. The van der Waals surface area contributed by atoms with Gasteiger partial charge in [0, 0.05) is 19.8 Å². The molecule has 0 atom stereocenters. The lowest BCUT2D eigenvalue weighted by atomic mass is 9.80. The zero-order valence-electron chi connectivity index (χ0n) is 12.7. The number of nitrogens with zero attached hydrogens (tertiary/aromatic N) is 1. The lowest BCUT2D eigenvalue weighted by molar-refractivity contribution is 0.426. The summed E-state index contributed by atoms with van der Waals surface area (Å²) in [6, 6.07) is 20.0. The highest BCUT2D eigenvalue weighted by molar-refractivity contribution is 6.58. The van der Waals surface area contributed by atoms with E-state index in [0.717, 1.165) is 11.1 Å². The fourth-order valence-electron chi connectivity index (χ4n) is 2.54. The van der Waals surface area contributed by atoms with Crippen LogP contribution in [-0.2, 0) is 0 Å². The number of hydrogen-bond acceptors (Lipinski definition) is 3. The quantitative estimate of drug-likeness (QED) is 0.727. The molecule has 0 amide bonds. The number of benzene rings is 3. The van der Waals surface area contributed by atoms with Crippen LogP contribution in [0.2, 0.25) is 0 Å². The Hall–Kier alpha value is -2.30. The van der Waals surface area contributed by atoms with Gasteiger partial charge in [-0.15, -0.1) is 0 Å². The molecule has 4 heteroatoms. The van der Waals surface area contributed by atoms with Gasteiger partial charge in [-0.05, 0) is 45.6 Å². The maximum Gasteiger partial charge on any atom is 0.488 e. The molecular weight excluding hydrogens is 273 g/mol. The average molecular weight is 291 g/mol. The Bertz CT molecular complexity index is 798. The predicted molar refractivity (Wildman–Crippen MR) is 93.5 cm³/mol. The Morgan fingerprint density at radius 3 is 1.95 bits per heavy atom. The van der Waals surface area contributed by atoms with E-state index in [2.05, 4.69) is 41.3 Å². The predicted octanol–water partition coefficient (Wildman–Crippen LogP) is 2.25. The summed E-state index contributed by atoms with van der Waals surface area (Å²) >= 11 is 0. The second-order valence-corrected chi connectivity index (χ2v) is 5.64. The maximum absolute atomic E-state index is 9.15. The summed E-state index contributed by atoms with van der Waals surface area (Å²) in [5, 5.41) is 20.7. The van der Waals surface area contributed by atoms with Crippen molar-refractivity contribution in [3.63, 3.8) is 0 Å². The second kappa shape index (κ2) is 5.83. The largest absolute Gasteiger partial charge is 0.488 e. The molecule has 110 valence electrons. The summed E-state index contributed by atoms with van der Waals surface area (Å²) < 4.78 is 0. The van der Waals surface area contributed by atoms with Gasteiger partial charge >= 0.3 is 7.12 Å². The third kappa shape index (κ3) is 2.84. The summed E-state index contributed by atoms with van der Waals surface area (Å²) in [6.07, 6.45) is 0. The Kier molecular flexibility index (Phi) is 3.88. The molecule has 0 saturated heterocycles. The summed E-state index contributed by atoms with van der Waals surface area (Å²) in [4.78, 5) is 2.09. The SMILES string of the molecule is CN(C)c1ccc2cc(-c3ccc(B(O)O)cc3)ccc2c1. The van der Waals surface area contributed by atoms with E-state index in [4.69, 9.17) is 10.0 Å². The van der Waals surface area contributed by atoms with Crippen molar-refractivity contribution in [2.75, 3.05) is 19.0 Å². The molecule has 0 heterocycles. The van der Waals surface area contributed by atoms with Gasteiger partial charge in [0.05, 0.1) is 0 Å². The highest BCUT2D eigenvalue weighted by atomic mass is 16.4. The van der Waals surface area contributed by atoms with E-state index in [-0.39, 0.29) is 0 Å². The van der Waals surface area contributed by atoms with Crippen LogP contribution >= 0.6 is 0 Å². The fourth-order valence-corrected chi connectivity index (χ4v) is 2.54. The Labute approximate surface area is 130 Å². The van der Waals surface area contributed by atoms with E-state index < -0.39 is 7.12 Å². The first-order chi connectivity index (χ1) is 10.5. The molecule has 3 nitrogen and oxygen atoms in total. The van der Waals surface area contributed by atoms with E-state index in [0.29, 0.717) is 5.46 Å². The lowest BCUT2D eigenvalue weighted by Crippen LogP contribution is -2.29. The van der Waals surface area contributed by atoms with Gasteiger partial charge in [0.25, 0.3) is 0 Å². The molecule has 0 radical (unpaired) electrons. The lowest BCUT2D eigenvalue weighted by Gasteiger charge is -2.13. The van der Waals surface area contributed by atoms with Crippen LogP contribution in [0.1, 0.15) is 0 Å². The molecule has 0 aliphatic carbocycles. The van der Waals surface area contributed by atoms with Crippen LogP contribution in [0, 0.1) is 0 Å². The number of anilines is 1. The van der Waals surface area contributed by atoms with Gasteiger partial charge in [0.2, 0.25) is 0 Å². The molecule has 3 rings (SSSR count). The van der Waals surface area contributed by atoms with Gasteiger partial charge in [0.1, 0.15) is 0 Å². The van der Waals surface area contributed by atoms with Crippen molar-refractivity contribution < 1.29 is 10.0 Å². The fraction of sp³-hybridized carbons (Fsp3) is 0.111.